The summed E-state index contributed by atoms with van der Waals surface area (Å²) >= 11 is 0. The first kappa shape index (κ1) is 21.3. The van der Waals surface area contributed by atoms with Gasteiger partial charge in [-0.2, -0.15) is 4.31 Å². The summed E-state index contributed by atoms with van der Waals surface area (Å²) in [6.07, 6.45) is 1.21. The van der Waals surface area contributed by atoms with E-state index in [1.54, 1.807) is 0 Å². The topological polar surface area (TPSA) is 105 Å². The third-order valence-corrected chi connectivity index (χ3v) is 7.61. The third-order valence-electron chi connectivity index (χ3n) is 5.75. The predicted octanol–water partition coefficient (Wildman–Crippen LogP) is 2.67. The van der Waals surface area contributed by atoms with Gasteiger partial charge in [-0.1, -0.05) is 6.07 Å². The van der Waals surface area contributed by atoms with Crippen LogP contribution in [0.3, 0.4) is 0 Å². The molecule has 2 N–H and O–H groups in total. The third kappa shape index (κ3) is 4.42. The second-order valence-corrected chi connectivity index (χ2v) is 9.92. The number of benzene rings is 2. The van der Waals surface area contributed by atoms with Crippen molar-refractivity contribution in [2.24, 2.45) is 5.92 Å². The number of ether oxygens (including phenoxy) is 1. The molecule has 0 spiro atoms. The zero-order chi connectivity index (χ0) is 22.2. The summed E-state index contributed by atoms with van der Waals surface area (Å²) in [6.45, 7) is 4.34. The molecular weight excluding hydrogens is 418 g/mol. The molecular formula is C22H25N3O5S. The maximum absolute atomic E-state index is 13.2. The lowest BCUT2D eigenvalue weighted by atomic mass is 9.98. The summed E-state index contributed by atoms with van der Waals surface area (Å²) in [4.78, 5) is 24.4. The van der Waals surface area contributed by atoms with Crippen molar-refractivity contribution < 1.29 is 22.7 Å². The molecule has 0 radical (unpaired) electrons. The number of piperidine rings is 1. The minimum absolute atomic E-state index is 0.0623. The van der Waals surface area contributed by atoms with Crippen molar-refractivity contribution in [2.75, 3.05) is 30.3 Å². The highest BCUT2D eigenvalue weighted by Crippen LogP contribution is 2.32. The van der Waals surface area contributed by atoms with Gasteiger partial charge in [0.2, 0.25) is 15.9 Å². The summed E-state index contributed by atoms with van der Waals surface area (Å²) in [6, 6.07) is 10.1. The fraction of sp³-hybridized carbons (Fsp3) is 0.364. The van der Waals surface area contributed by atoms with E-state index < -0.39 is 15.9 Å². The van der Waals surface area contributed by atoms with Crippen molar-refractivity contribution >= 4 is 33.2 Å². The SMILES string of the molecule is Cc1ccc(NC(=O)C2CCCN(S(=O)(=O)c3ccc4c(c3)NC(=O)CO4)C2)cc1C. The number of carbonyl (C=O) groups is 2. The van der Waals surface area contributed by atoms with Gasteiger partial charge in [0.25, 0.3) is 5.91 Å². The van der Waals surface area contributed by atoms with Crippen LogP contribution in [0.25, 0.3) is 0 Å². The number of hydrogen-bond acceptors (Lipinski definition) is 5. The summed E-state index contributed by atoms with van der Waals surface area (Å²) < 4.78 is 33.0. The molecule has 9 heteroatoms. The maximum atomic E-state index is 13.2. The molecule has 2 aliphatic heterocycles. The normalized spacial score (nSPS) is 19.2. The average molecular weight is 444 g/mol. The maximum Gasteiger partial charge on any atom is 0.262 e. The molecule has 1 fully saturated rings. The van der Waals surface area contributed by atoms with E-state index >= 15 is 0 Å². The van der Waals surface area contributed by atoms with Gasteiger partial charge in [0.15, 0.2) is 6.61 Å². The second-order valence-electron chi connectivity index (χ2n) is 7.99. The van der Waals surface area contributed by atoms with Gasteiger partial charge in [0, 0.05) is 18.8 Å². The second kappa shape index (κ2) is 8.32. The molecule has 4 rings (SSSR count). The molecule has 1 unspecified atom stereocenters. The predicted molar refractivity (Wildman–Crippen MR) is 117 cm³/mol. The van der Waals surface area contributed by atoms with E-state index in [4.69, 9.17) is 4.74 Å². The molecule has 1 atom stereocenters. The molecule has 2 heterocycles. The molecule has 0 aromatic heterocycles. The van der Waals surface area contributed by atoms with E-state index in [1.165, 1.54) is 22.5 Å². The molecule has 0 bridgehead atoms. The lowest BCUT2D eigenvalue weighted by molar-refractivity contribution is -0.121. The van der Waals surface area contributed by atoms with Gasteiger partial charge in [0.05, 0.1) is 16.5 Å². The van der Waals surface area contributed by atoms with Gasteiger partial charge in [-0.25, -0.2) is 8.42 Å². The lowest BCUT2D eigenvalue weighted by Crippen LogP contribution is -2.43. The number of aryl methyl sites for hydroxylation is 2. The van der Waals surface area contributed by atoms with Crippen LogP contribution in [0.5, 0.6) is 5.75 Å². The van der Waals surface area contributed by atoms with E-state index in [-0.39, 0.29) is 29.9 Å². The highest BCUT2D eigenvalue weighted by molar-refractivity contribution is 7.89. The van der Waals surface area contributed by atoms with Crippen LogP contribution in [0.2, 0.25) is 0 Å². The Morgan fingerprint density at radius 2 is 1.97 bits per heavy atom. The van der Waals surface area contributed by atoms with Crippen molar-refractivity contribution in [1.82, 2.24) is 4.31 Å². The fourth-order valence-electron chi connectivity index (χ4n) is 3.81. The quantitative estimate of drug-likeness (QED) is 0.756. The minimum atomic E-state index is -3.82. The van der Waals surface area contributed by atoms with Crippen LogP contribution in [-0.2, 0) is 19.6 Å². The molecule has 2 aromatic carbocycles. The number of hydrogen-bond donors (Lipinski definition) is 2. The average Bonchev–Trinajstić information content (AvgIpc) is 2.75. The largest absolute Gasteiger partial charge is 0.482 e. The Hall–Kier alpha value is -2.91. The first-order valence-corrected chi connectivity index (χ1v) is 11.6. The van der Waals surface area contributed by atoms with Gasteiger partial charge in [-0.05, 0) is 68.1 Å². The van der Waals surface area contributed by atoms with Gasteiger partial charge >= 0.3 is 0 Å². The molecule has 0 saturated carbocycles. The summed E-state index contributed by atoms with van der Waals surface area (Å²) in [5.41, 5.74) is 3.26. The van der Waals surface area contributed by atoms with Crippen molar-refractivity contribution in [3.8, 4) is 5.75 Å². The lowest BCUT2D eigenvalue weighted by Gasteiger charge is -2.31. The number of sulfonamides is 1. The zero-order valence-corrected chi connectivity index (χ0v) is 18.3. The number of nitrogens with one attached hydrogen (secondary N) is 2. The van der Waals surface area contributed by atoms with Crippen LogP contribution in [0.4, 0.5) is 11.4 Å². The summed E-state index contributed by atoms with van der Waals surface area (Å²) in [5.74, 6) is -0.522. The highest BCUT2D eigenvalue weighted by Gasteiger charge is 2.34. The molecule has 1 saturated heterocycles. The Balaban J connectivity index is 1.49. The van der Waals surface area contributed by atoms with E-state index in [9.17, 15) is 18.0 Å². The van der Waals surface area contributed by atoms with Crippen LogP contribution in [0.15, 0.2) is 41.3 Å². The molecule has 2 aromatic rings. The molecule has 2 amide bonds. The number of carbonyl (C=O) groups excluding carboxylic acids is 2. The van der Waals surface area contributed by atoms with Crippen LogP contribution in [0.1, 0.15) is 24.0 Å². The Kier molecular flexibility index (Phi) is 5.72. The smallest absolute Gasteiger partial charge is 0.262 e. The molecule has 31 heavy (non-hydrogen) atoms. The van der Waals surface area contributed by atoms with Crippen LogP contribution >= 0.6 is 0 Å². The van der Waals surface area contributed by atoms with Gasteiger partial charge in [-0.15, -0.1) is 0 Å². The van der Waals surface area contributed by atoms with Crippen LogP contribution < -0.4 is 15.4 Å². The van der Waals surface area contributed by atoms with E-state index in [0.717, 1.165) is 11.1 Å². The number of amides is 2. The van der Waals surface area contributed by atoms with Gasteiger partial charge in [-0.3, -0.25) is 9.59 Å². The summed E-state index contributed by atoms with van der Waals surface area (Å²) in [7, 11) is -3.82. The van der Waals surface area contributed by atoms with Crippen molar-refractivity contribution in [1.29, 1.82) is 0 Å². The van der Waals surface area contributed by atoms with Crippen molar-refractivity contribution in [3.63, 3.8) is 0 Å². The van der Waals surface area contributed by atoms with Crippen LogP contribution in [-0.4, -0.2) is 44.2 Å². The zero-order valence-electron chi connectivity index (χ0n) is 17.5. The van der Waals surface area contributed by atoms with Crippen molar-refractivity contribution in [2.45, 2.75) is 31.6 Å². The Bertz CT molecular complexity index is 1150. The number of nitrogens with zero attached hydrogens (tertiary/aromatic N) is 1. The van der Waals surface area contributed by atoms with Gasteiger partial charge in [0.1, 0.15) is 5.75 Å². The number of rotatable bonds is 4. The molecule has 8 nitrogen and oxygen atoms in total. The first-order valence-electron chi connectivity index (χ1n) is 10.2. The van der Waals surface area contributed by atoms with Crippen LogP contribution in [0, 0.1) is 19.8 Å². The molecule has 0 aliphatic carbocycles. The molecule has 164 valence electrons. The summed E-state index contributed by atoms with van der Waals surface area (Å²) in [5, 5.41) is 5.54. The minimum Gasteiger partial charge on any atom is -0.482 e. The Morgan fingerprint density at radius 3 is 2.74 bits per heavy atom. The fourth-order valence-corrected chi connectivity index (χ4v) is 5.36. The number of fused-ring (bicyclic) bond motifs is 1. The number of anilines is 2. The van der Waals surface area contributed by atoms with E-state index in [0.29, 0.717) is 36.5 Å². The first-order chi connectivity index (χ1) is 14.7. The van der Waals surface area contributed by atoms with E-state index in [2.05, 4.69) is 10.6 Å². The van der Waals surface area contributed by atoms with Crippen molar-refractivity contribution in [3.05, 3.63) is 47.5 Å². The Labute approximate surface area is 181 Å². The Morgan fingerprint density at radius 1 is 1.16 bits per heavy atom. The molecule has 2 aliphatic rings. The standard InChI is InChI=1S/C22H25N3O5S/c1-14-5-6-17(10-15(14)2)23-22(27)16-4-3-9-25(12-16)31(28,29)18-7-8-20-19(11-18)24-21(26)13-30-20/h5-8,10-11,16H,3-4,9,12-13H2,1-2H3,(H,23,27)(H,24,26). The van der Waals surface area contributed by atoms with Gasteiger partial charge < -0.3 is 15.4 Å². The monoisotopic (exact) mass is 443 g/mol. The van der Waals surface area contributed by atoms with E-state index in [1.807, 2.05) is 32.0 Å². The highest BCUT2D eigenvalue weighted by atomic mass is 32.2.